The maximum atomic E-state index is 13.8. The van der Waals surface area contributed by atoms with Crippen LogP contribution in [0.3, 0.4) is 0 Å². The summed E-state index contributed by atoms with van der Waals surface area (Å²) in [5.41, 5.74) is 0.439. The van der Waals surface area contributed by atoms with E-state index >= 15 is 0 Å². The summed E-state index contributed by atoms with van der Waals surface area (Å²) < 4.78 is 55.0. The van der Waals surface area contributed by atoms with Crippen molar-refractivity contribution < 1.29 is 71.7 Å². The van der Waals surface area contributed by atoms with E-state index in [-0.39, 0.29) is 38.3 Å². The summed E-state index contributed by atoms with van der Waals surface area (Å²) in [6.45, 7) is 8.49. The first-order valence-electron chi connectivity index (χ1n) is 20.4. The highest BCUT2D eigenvalue weighted by atomic mass is 16.8. The molecule has 3 N–H and O–H groups in total. The van der Waals surface area contributed by atoms with Gasteiger partial charge in [0.15, 0.2) is 30.9 Å². The largest absolute Gasteiger partial charge is 0.456 e. The summed E-state index contributed by atoms with van der Waals surface area (Å²) in [6.07, 6.45) is -12.2. The Balaban J connectivity index is 1.46. The Morgan fingerprint density at radius 1 is 0.661 bits per heavy atom. The van der Waals surface area contributed by atoms with Crippen molar-refractivity contribution in [3.05, 3.63) is 108 Å². The minimum absolute atomic E-state index is 0.0247. The summed E-state index contributed by atoms with van der Waals surface area (Å²) in [5, 5.41) is 15.7. The summed E-state index contributed by atoms with van der Waals surface area (Å²) in [5.74, 6) is -2.90. The molecule has 17 nitrogen and oxygen atoms in total. The van der Waals surface area contributed by atoms with Crippen molar-refractivity contribution in [3.63, 3.8) is 0 Å². The van der Waals surface area contributed by atoms with Crippen LogP contribution in [0.25, 0.3) is 0 Å². The lowest BCUT2D eigenvalue weighted by atomic mass is 9.94. The second-order valence-electron chi connectivity index (χ2n) is 15.6. The van der Waals surface area contributed by atoms with Gasteiger partial charge in [-0.25, -0.2) is 9.59 Å². The van der Waals surface area contributed by atoms with Crippen molar-refractivity contribution in [2.75, 3.05) is 13.2 Å². The number of hydrogen-bond donors (Lipinski definition) is 3. The standard InChI is InChI=1S/C45H56N2O15/c1-27-35(47-34(50)24-45(5,6)53)37(59-29(3)48)39(60-30(4)49)43(57-27)62-38-36(55-25-31-16-10-7-11-17-31)28(2)58-42(40(38)61-41(51)33-20-14-9-15-21-33)54-23-22-46-44(52)56-26-32-18-12-8-13-19-32/h7-21,27-28,35-40,42-43,53H,22-26H2,1-6H3,(H,46,52)(H,47,50)/t27-,28+,35-,36+,37+,38-,39-,40-,42-,43+/m1/s1. The zero-order chi connectivity index (χ0) is 44.8. The van der Waals surface area contributed by atoms with Crippen molar-refractivity contribution in [3.8, 4) is 0 Å². The van der Waals surface area contributed by atoms with Crippen LogP contribution in [0, 0.1) is 0 Å². The van der Waals surface area contributed by atoms with Gasteiger partial charge in [-0.05, 0) is 51.0 Å². The first-order valence-corrected chi connectivity index (χ1v) is 20.4. The molecule has 0 spiro atoms. The average molecular weight is 865 g/mol. The molecule has 2 saturated heterocycles. The van der Waals surface area contributed by atoms with Gasteiger partial charge in [0.05, 0.1) is 49.0 Å². The maximum Gasteiger partial charge on any atom is 0.407 e. The molecule has 2 fully saturated rings. The number of ether oxygens (including phenoxy) is 9. The third kappa shape index (κ3) is 14.3. The molecule has 0 bridgehead atoms. The Morgan fingerprint density at radius 3 is 1.81 bits per heavy atom. The fourth-order valence-electron chi connectivity index (χ4n) is 6.99. The molecule has 0 unspecified atom stereocenters. The van der Waals surface area contributed by atoms with Gasteiger partial charge < -0.3 is 58.4 Å². The molecule has 2 aliphatic rings. The number of rotatable bonds is 18. The molecular formula is C45H56N2O15. The molecule has 3 aromatic carbocycles. The van der Waals surface area contributed by atoms with Gasteiger partial charge >= 0.3 is 24.0 Å². The summed E-state index contributed by atoms with van der Waals surface area (Å²) in [7, 11) is 0. The van der Waals surface area contributed by atoms with E-state index in [1.807, 2.05) is 60.7 Å². The first-order chi connectivity index (χ1) is 29.6. The number of carbonyl (C=O) groups is 5. The van der Waals surface area contributed by atoms with E-state index in [2.05, 4.69) is 10.6 Å². The fraction of sp³-hybridized carbons (Fsp3) is 0.489. The van der Waals surface area contributed by atoms with Gasteiger partial charge in [-0.3, -0.25) is 14.4 Å². The molecule has 0 saturated carbocycles. The van der Waals surface area contributed by atoms with E-state index in [1.165, 1.54) is 13.8 Å². The molecule has 5 rings (SSSR count). The molecule has 0 aromatic heterocycles. The van der Waals surface area contributed by atoms with Crippen molar-refractivity contribution in [2.24, 2.45) is 0 Å². The lowest BCUT2D eigenvalue weighted by Gasteiger charge is -2.49. The highest BCUT2D eigenvalue weighted by molar-refractivity contribution is 5.89. The number of hydrogen-bond acceptors (Lipinski definition) is 15. The van der Waals surface area contributed by atoms with Gasteiger partial charge in [0.1, 0.15) is 18.8 Å². The van der Waals surface area contributed by atoms with Crippen molar-refractivity contribution in [1.29, 1.82) is 0 Å². The Bertz CT molecular complexity index is 1910. The predicted molar refractivity (Wildman–Crippen MR) is 219 cm³/mol. The highest BCUT2D eigenvalue weighted by Crippen LogP contribution is 2.35. The number of esters is 3. The molecule has 0 aliphatic carbocycles. The van der Waals surface area contributed by atoms with Crippen LogP contribution >= 0.6 is 0 Å². The lowest BCUT2D eigenvalue weighted by Crippen LogP contribution is -2.68. The van der Waals surface area contributed by atoms with E-state index in [4.69, 9.17) is 42.6 Å². The van der Waals surface area contributed by atoms with Crippen LogP contribution < -0.4 is 10.6 Å². The predicted octanol–water partition coefficient (Wildman–Crippen LogP) is 4.12. The average Bonchev–Trinajstić information content (AvgIpc) is 3.22. The van der Waals surface area contributed by atoms with Crippen molar-refractivity contribution in [2.45, 2.75) is 128 Å². The van der Waals surface area contributed by atoms with Crippen LogP contribution in [-0.2, 0) is 70.2 Å². The van der Waals surface area contributed by atoms with Gasteiger partial charge in [0, 0.05) is 20.4 Å². The van der Waals surface area contributed by atoms with Gasteiger partial charge in [-0.2, -0.15) is 0 Å². The molecule has 62 heavy (non-hydrogen) atoms. The van der Waals surface area contributed by atoms with E-state index in [1.54, 1.807) is 44.2 Å². The molecule has 2 heterocycles. The number of carbonyl (C=O) groups excluding carboxylic acids is 5. The topological polar surface area (TPSA) is 213 Å². The summed E-state index contributed by atoms with van der Waals surface area (Å²) in [6, 6.07) is 25.6. The highest BCUT2D eigenvalue weighted by Gasteiger charge is 2.55. The first kappa shape index (κ1) is 47.6. The normalized spacial score (nSPS) is 26.0. The second kappa shape index (κ2) is 22.6. The van der Waals surface area contributed by atoms with Crippen LogP contribution in [0.15, 0.2) is 91.0 Å². The van der Waals surface area contributed by atoms with Crippen LogP contribution in [0.4, 0.5) is 4.79 Å². The van der Waals surface area contributed by atoms with E-state index in [9.17, 15) is 29.1 Å². The number of amides is 2. The van der Waals surface area contributed by atoms with Crippen LogP contribution in [0.5, 0.6) is 0 Å². The minimum atomic E-state index is -1.53. The molecule has 10 atom stereocenters. The third-order valence-corrected chi connectivity index (χ3v) is 9.75. The number of alkyl carbamates (subject to hydrolysis) is 1. The second-order valence-corrected chi connectivity index (χ2v) is 15.6. The quantitative estimate of drug-likeness (QED) is 0.0933. The summed E-state index contributed by atoms with van der Waals surface area (Å²) in [4.78, 5) is 64.8. The lowest BCUT2D eigenvalue weighted by molar-refractivity contribution is -0.351. The van der Waals surface area contributed by atoms with E-state index in [0.29, 0.717) is 0 Å². The maximum absolute atomic E-state index is 13.8. The smallest absolute Gasteiger partial charge is 0.407 e. The number of aliphatic hydroxyl groups is 1. The molecule has 3 aromatic rings. The van der Waals surface area contributed by atoms with Gasteiger partial charge in [-0.1, -0.05) is 78.9 Å². The fourth-order valence-corrected chi connectivity index (χ4v) is 6.99. The van der Waals surface area contributed by atoms with Gasteiger partial charge in [-0.15, -0.1) is 0 Å². The van der Waals surface area contributed by atoms with Crippen LogP contribution in [0.2, 0.25) is 0 Å². The summed E-state index contributed by atoms with van der Waals surface area (Å²) >= 11 is 0. The zero-order valence-corrected chi connectivity index (χ0v) is 35.6. The Labute approximate surface area is 360 Å². The molecular weight excluding hydrogens is 808 g/mol. The third-order valence-electron chi connectivity index (χ3n) is 9.75. The minimum Gasteiger partial charge on any atom is -0.456 e. The molecule has 336 valence electrons. The van der Waals surface area contributed by atoms with Crippen molar-refractivity contribution in [1.82, 2.24) is 10.6 Å². The number of nitrogens with one attached hydrogen (secondary N) is 2. The van der Waals surface area contributed by atoms with Crippen molar-refractivity contribution >= 4 is 29.9 Å². The Hall–Kier alpha value is -5.43. The molecule has 2 amide bonds. The zero-order valence-electron chi connectivity index (χ0n) is 35.6. The van der Waals surface area contributed by atoms with Crippen LogP contribution in [0.1, 0.15) is 69.4 Å². The SMILES string of the molecule is CC(=O)O[C@H]1[C@H](O[C@@H]2[C@@H](OCc3ccccc3)[C@H](C)O[C@@H](OCCNC(=O)OCc3ccccc3)[C@@H]2OC(=O)c2ccccc2)O[C@H](C)[C@@H](NC(=O)CC(C)(C)O)[C@@H]1OC(C)=O. The van der Waals surface area contributed by atoms with Gasteiger partial charge in [0.25, 0.3) is 0 Å². The molecule has 0 radical (unpaired) electrons. The Kier molecular flexibility index (Phi) is 17.4. The molecule has 17 heteroatoms. The van der Waals surface area contributed by atoms with E-state index < -0.39 is 96.9 Å². The van der Waals surface area contributed by atoms with E-state index in [0.717, 1.165) is 25.0 Å². The van der Waals surface area contributed by atoms with Crippen LogP contribution in [-0.4, -0.2) is 115 Å². The molecule has 2 aliphatic heterocycles. The monoisotopic (exact) mass is 864 g/mol. The number of benzene rings is 3. The Morgan fingerprint density at radius 2 is 1.21 bits per heavy atom. The van der Waals surface area contributed by atoms with Gasteiger partial charge in [0.2, 0.25) is 5.91 Å².